The number of rotatable bonds is 10. The molecule has 0 unspecified atom stereocenters. The fourth-order valence-electron chi connectivity index (χ4n) is 5.72. The summed E-state index contributed by atoms with van der Waals surface area (Å²) in [6.45, 7) is 1.51. The number of alkyl halides is 1. The Balaban J connectivity index is 1.44. The topological polar surface area (TPSA) is 98.5 Å². The van der Waals surface area contributed by atoms with Gasteiger partial charge in [0.2, 0.25) is 11.7 Å². The molecule has 1 fully saturated rings. The molecule has 204 valence electrons. The van der Waals surface area contributed by atoms with E-state index in [1.54, 1.807) is 4.57 Å². The number of H-pyrrole nitrogens is 1. The summed E-state index contributed by atoms with van der Waals surface area (Å²) in [5.41, 5.74) is 4.12. The molecule has 2 aromatic heterocycles. The molecule has 0 amide bonds. The molecule has 0 saturated heterocycles. The number of imidazole rings is 1. The van der Waals surface area contributed by atoms with Crippen LogP contribution in [0, 0.1) is 5.92 Å². The number of hydrogen-bond donors (Lipinski definition) is 1. The Morgan fingerprint density at radius 2 is 1.77 bits per heavy atom. The highest BCUT2D eigenvalue weighted by atomic mass is 19.1. The summed E-state index contributed by atoms with van der Waals surface area (Å²) in [7, 11) is 0. The quantitative estimate of drug-likeness (QED) is 0.272. The van der Waals surface area contributed by atoms with Crippen molar-refractivity contribution in [1.29, 1.82) is 0 Å². The minimum absolute atomic E-state index is 0.222. The van der Waals surface area contributed by atoms with Gasteiger partial charge < -0.3 is 0 Å². The Kier molecular flexibility index (Phi) is 8.44. The van der Waals surface area contributed by atoms with E-state index in [4.69, 9.17) is 0 Å². The first kappa shape index (κ1) is 26.7. The van der Waals surface area contributed by atoms with Crippen LogP contribution in [0.2, 0.25) is 0 Å². The van der Waals surface area contributed by atoms with Crippen molar-refractivity contribution in [2.45, 2.75) is 77.9 Å². The van der Waals surface area contributed by atoms with E-state index in [2.05, 4.69) is 27.5 Å². The van der Waals surface area contributed by atoms with Crippen molar-refractivity contribution in [3.63, 3.8) is 0 Å². The third-order valence-corrected chi connectivity index (χ3v) is 7.80. The first-order valence-electron chi connectivity index (χ1n) is 13.9. The lowest BCUT2D eigenvalue weighted by molar-refractivity contribution is 0.0857. The van der Waals surface area contributed by atoms with Crippen molar-refractivity contribution in [2.75, 3.05) is 0 Å². The van der Waals surface area contributed by atoms with Gasteiger partial charge in [-0.15, -0.1) is 10.2 Å². The zero-order valence-corrected chi connectivity index (χ0v) is 22.4. The number of halogens is 1. The maximum absolute atomic E-state index is 14.4. The van der Waals surface area contributed by atoms with Gasteiger partial charge in [-0.1, -0.05) is 81.1 Å². The average molecular weight is 531 g/mol. The molecule has 0 bridgehead atoms. The normalized spacial score (nSPS) is 14.1. The van der Waals surface area contributed by atoms with Gasteiger partial charge in [-0.25, -0.2) is 13.8 Å². The summed E-state index contributed by atoms with van der Waals surface area (Å²) < 4.78 is 17.1. The van der Waals surface area contributed by atoms with E-state index in [0.717, 1.165) is 65.3 Å². The number of tetrazole rings is 1. The lowest BCUT2D eigenvalue weighted by Gasteiger charge is -2.20. The van der Waals surface area contributed by atoms with Gasteiger partial charge in [0.25, 0.3) is 0 Å². The maximum Gasteiger partial charge on any atom is 0.335 e. The van der Waals surface area contributed by atoms with E-state index < -0.39 is 12.4 Å². The van der Waals surface area contributed by atoms with E-state index >= 15 is 0 Å². The minimum atomic E-state index is -0.830. The van der Waals surface area contributed by atoms with Crippen molar-refractivity contribution in [3.05, 3.63) is 76.0 Å². The first-order chi connectivity index (χ1) is 19.1. The molecule has 39 heavy (non-hydrogen) atoms. The fraction of sp³-hybridized carbons (Fsp3) is 0.433. The van der Waals surface area contributed by atoms with Crippen LogP contribution in [0.25, 0.3) is 22.5 Å². The van der Waals surface area contributed by atoms with Gasteiger partial charge in [-0.3, -0.25) is 9.36 Å². The smallest absolute Gasteiger partial charge is 0.291 e. The molecular weight excluding hydrogens is 495 g/mol. The molecule has 0 atom stereocenters. The average Bonchev–Trinajstić information content (AvgIpc) is 3.60. The summed E-state index contributed by atoms with van der Waals surface area (Å²) >= 11 is 0. The fourth-order valence-corrected chi connectivity index (χ4v) is 5.72. The lowest BCUT2D eigenvalue weighted by atomic mass is 9.87. The predicted molar refractivity (Wildman–Crippen MR) is 148 cm³/mol. The molecule has 0 aliphatic heterocycles. The van der Waals surface area contributed by atoms with Crippen LogP contribution in [0.3, 0.4) is 0 Å². The second-order valence-corrected chi connectivity index (χ2v) is 10.4. The van der Waals surface area contributed by atoms with Crippen molar-refractivity contribution in [1.82, 2.24) is 29.8 Å². The molecule has 2 heterocycles. The van der Waals surface area contributed by atoms with Crippen molar-refractivity contribution >= 4 is 5.91 Å². The molecule has 0 spiro atoms. The number of aromatic amines is 1. The van der Waals surface area contributed by atoms with E-state index in [9.17, 15) is 14.0 Å². The van der Waals surface area contributed by atoms with Gasteiger partial charge in [0.1, 0.15) is 6.67 Å². The predicted octanol–water partition coefficient (Wildman–Crippen LogP) is 5.97. The molecule has 1 N–H and O–H groups in total. The van der Waals surface area contributed by atoms with Crippen LogP contribution < -0.4 is 5.69 Å². The molecule has 8 nitrogen and oxygen atoms in total. The van der Waals surface area contributed by atoms with E-state index in [1.165, 1.54) is 6.42 Å². The van der Waals surface area contributed by atoms with Gasteiger partial charge in [0.15, 0.2) is 0 Å². The number of unbranched alkanes of at least 4 members (excludes halogenated alkanes) is 1. The molecule has 5 rings (SSSR count). The molecule has 9 heteroatoms. The molecule has 0 radical (unpaired) electrons. The summed E-state index contributed by atoms with van der Waals surface area (Å²) in [6.07, 6.45) is 8.01. The number of carbonyl (C=O) groups is 1. The van der Waals surface area contributed by atoms with Crippen molar-refractivity contribution < 1.29 is 9.18 Å². The van der Waals surface area contributed by atoms with Crippen LogP contribution in [0.15, 0.2) is 53.3 Å². The Hall–Kier alpha value is -3.88. The number of hydrogen-bond acceptors (Lipinski definition) is 5. The molecule has 1 aliphatic rings. The molecule has 1 aliphatic carbocycles. The van der Waals surface area contributed by atoms with Gasteiger partial charge in [-0.2, -0.15) is 5.21 Å². The third-order valence-electron chi connectivity index (χ3n) is 7.80. The Labute approximate surface area is 227 Å². The van der Waals surface area contributed by atoms with Gasteiger partial charge >= 0.3 is 5.69 Å². The van der Waals surface area contributed by atoms with Crippen molar-refractivity contribution in [2.24, 2.45) is 5.92 Å². The Morgan fingerprint density at radius 1 is 1.03 bits per heavy atom. The van der Waals surface area contributed by atoms with E-state index in [0.29, 0.717) is 24.4 Å². The van der Waals surface area contributed by atoms with Crippen LogP contribution in [-0.4, -0.2) is 35.7 Å². The SMILES string of the molecule is CCCCc1c(CF)n(C(=O)CC2CCCCC2)c(=O)n1Cc1ccc(-c2ccccc2-c2nn[nH]n2)cc1. The highest BCUT2D eigenvalue weighted by Crippen LogP contribution is 2.30. The Bertz CT molecular complexity index is 1450. The van der Waals surface area contributed by atoms with E-state index in [-0.39, 0.29) is 24.1 Å². The standard InChI is InChI=1S/C30H35FN6O2/c1-2-3-13-26-27(19-31)37(28(38)18-21-9-5-4-6-10-21)30(39)36(26)20-22-14-16-23(17-15-22)24-11-7-8-12-25(24)29-32-34-35-33-29/h7-8,11-12,14-17,21H,2-6,9-10,13,18-20H2,1H3,(H,32,33,34,35). The van der Waals surface area contributed by atoms with Crippen LogP contribution in [0.1, 0.15) is 80.0 Å². The summed E-state index contributed by atoms with van der Waals surface area (Å²) in [5.74, 6) is 0.514. The highest BCUT2D eigenvalue weighted by molar-refractivity contribution is 5.81. The zero-order chi connectivity index (χ0) is 27.2. The second kappa shape index (κ2) is 12.3. The van der Waals surface area contributed by atoms with Gasteiger partial charge in [-0.05, 0) is 53.5 Å². The molecular formula is C30H35FN6O2. The van der Waals surface area contributed by atoms with Gasteiger partial charge in [0, 0.05) is 17.7 Å². The van der Waals surface area contributed by atoms with Crippen LogP contribution in [0.5, 0.6) is 0 Å². The second-order valence-electron chi connectivity index (χ2n) is 10.4. The maximum atomic E-state index is 14.4. The van der Waals surface area contributed by atoms with Crippen molar-refractivity contribution in [3.8, 4) is 22.5 Å². The first-order valence-corrected chi connectivity index (χ1v) is 13.9. The van der Waals surface area contributed by atoms with Crippen LogP contribution in [0.4, 0.5) is 4.39 Å². The molecule has 2 aromatic carbocycles. The monoisotopic (exact) mass is 530 g/mol. The number of aromatic nitrogens is 6. The number of nitrogens with zero attached hydrogens (tertiary/aromatic N) is 5. The molecule has 1 saturated carbocycles. The number of carbonyl (C=O) groups excluding carboxylic acids is 1. The number of nitrogens with one attached hydrogen (secondary N) is 1. The number of benzene rings is 2. The summed E-state index contributed by atoms with van der Waals surface area (Å²) in [5, 5.41) is 14.4. The third kappa shape index (κ3) is 5.77. The molecule has 4 aromatic rings. The summed E-state index contributed by atoms with van der Waals surface area (Å²) in [4.78, 5) is 26.9. The minimum Gasteiger partial charge on any atom is -0.291 e. The van der Waals surface area contributed by atoms with Gasteiger partial charge in [0.05, 0.1) is 12.2 Å². The largest absolute Gasteiger partial charge is 0.335 e. The summed E-state index contributed by atoms with van der Waals surface area (Å²) in [6, 6.07) is 15.7. The lowest BCUT2D eigenvalue weighted by Crippen LogP contribution is -2.31. The highest BCUT2D eigenvalue weighted by Gasteiger charge is 2.26. The zero-order valence-electron chi connectivity index (χ0n) is 22.4. The van der Waals surface area contributed by atoms with E-state index in [1.807, 2.05) is 48.5 Å². The van der Waals surface area contributed by atoms with Crippen LogP contribution in [-0.2, 0) is 19.6 Å². The Morgan fingerprint density at radius 3 is 2.44 bits per heavy atom. The van der Waals surface area contributed by atoms with Crippen LogP contribution >= 0.6 is 0 Å².